The molecule has 2 aliphatic rings. The van der Waals surface area contributed by atoms with Gasteiger partial charge >= 0.3 is 5.63 Å². The molecule has 2 saturated heterocycles. The minimum atomic E-state index is -0.258. The fourth-order valence-corrected chi connectivity index (χ4v) is 4.79. The topological polar surface area (TPSA) is 60.2 Å². The summed E-state index contributed by atoms with van der Waals surface area (Å²) in [7, 11) is 0. The van der Waals surface area contributed by atoms with Crippen molar-refractivity contribution < 1.29 is 9.52 Å². The minimum Gasteiger partial charge on any atom is -0.423 e. The first-order chi connectivity index (χ1) is 14.0. The quantitative estimate of drug-likeness (QED) is 0.776. The molecule has 3 heterocycles. The SMILES string of the molecule is Cc1cc2oc(=O)cc(CN3CCC(N4CCN(CCO)CC4)CC3)c2cc1C. The first kappa shape index (κ1) is 20.5. The first-order valence-corrected chi connectivity index (χ1v) is 10.9. The monoisotopic (exact) mass is 399 g/mol. The predicted octanol–water partition coefficient (Wildman–Crippen LogP) is 1.98. The number of fused-ring (bicyclic) bond motifs is 1. The molecule has 158 valence electrons. The summed E-state index contributed by atoms with van der Waals surface area (Å²) in [5.74, 6) is 0. The van der Waals surface area contributed by atoms with Crippen LogP contribution in [0.5, 0.6) is 0 Å². The number of aryl methyl sites for hydroxylation is 2. The molecule has 0 amide bonds. The predicted molar refractivity (Wildman–Crippen MR) is 115 cm³/mol. The van der Waals surface area contributed by atoms with Crippen LogP contribution in [0.1, 0.15) is 29.5 Å². The smallest absolute Gasteiger partial charge is 0.336 e. The van der Waals surface area contributed by atoms with Gasteiger partial charge in [-0.2, -0.15) is 0 Å². The van der Waals surface area contributed by atoms with E-state index in [0.717, 1.165) is 68.9 Å². The van der Waals surface area contributed by atoms with Crippen molar-refractivity contribution in [2.24, 2.45) is 0 Å². The zero-order valence-corrected chi connectivity index (χ0v) is 17.7. The van der Waals surface area contributed by atoms with Gasteiger partial charge in [-0.15, -0.1) is 0 Å². The summed E-state index contributed by atoms with van der Waals surface area (Å²) in [5.41, 5.74) is 3.90. The van der Waals surface area contributed by atoms with E-state index in [1.165, 1.54) is 18.4 Å². The van der Waals surface area contributed by atoms with Crippen molar-refractivity contribution in [3.8, 4) is 0 Å². The van der Waals surface area contributed by atoms with Crippen molar-refractivity contribution in [2.75, 3.05) is 52.4 Å². The molecule has 0 unspecified atom stereocenters. The van der Waals surface area contributed by atoms with Crippen LogP contribution in [-0.2, 0) is 6.54 Å². The van der Waals surface area contributed by atoms with Crippen LogP contribution in [0.2, 0.25) is 0 Å². The van der Waals surface area contributed by atoms with Crippen LogP contribution in [0.3, 0.4) is 0 Å². The third-order valence-corrected chi connectivity index (χ3v) is 6.74. The number of aliphatic hydroxyl groups is 1. The molecule has 2 aromatic rings. The number of nitrogens with zero attached hydrogens (tertiary/aromatic N) is 3. The Morgan fingerprint density at radius 1 is 0.966 bits per heavy atom. The van der Waals surface area contributed by atoms with Crippen molar-refractivity contribution in [1.82, 2.24) is 14.7 Å². The van der Waals surface area contributed by atoms with E-state index in [-0.39, 0.29) is 12.2 Å². The molecule has 0 saturated carbocycles. The normalized spacial score (nSPS) is 20.5. The van der Waals surface area contributed by atoms with E-state index in [4.69, 9.17) is 9.52 Å². The molecule has 1 N–H and O–H groups in total. The number of piperidine rings is 1. The number of likely N-dealkylation sites (tertiary alicyclic amines) is 1. The molecule has 0 spiro atoms. The van der Waals surface area contributed by atoms with E-state index in [1.54, 1.807) is 6.07 Å². The number of β-amino-alcohol motifs (C(OH)–C–C–N with tert-alkyl or cyclic N) is 1. The Kier molecular flexibility index (Phi) is 6.35. The largest absolute Gasteiger partial charge is 0.423 e. The summed E-state index contributed by atoms with van der Waals surface area (Å²) in [5, 5.41) is 10.2. The fraction of sp³-hybridized carbons (Fsp3) is 0.609. The van der Waals surface area contributed by atoms with Gasteiger partial charge < -0.3 is 9.52 Å². The van der Waals surface area contributed by atoms with Crippen LogP contribution >= 0.6 is 0 Å². The molecule has 29 heavy (non-hydrogen) atoms. The summed E-state index contributed by atoms with van der Waals surface area (Å²) in [6.45, 7) is 12.5. The molecular weight excluding hydrogens is 366 g/mol. The van der Waals surface area contributed by atoms with E-state index in [9.17, 15) is 4.79 Å². The molecule has 6 heteroatoms. The molecule has 0 bridgehead atoms. The van der Waals surface area contributed by atoms with E-state index >= 15 is 0 Å². The van der Waals surface area contributed by atoms with Gasteiger partial charge in [0, 0.05) is 56.8 Å². The molecule has 0 radical (unpaired) electrons. The van der Waals surface area contributed by atoms with Gasteiger partial charge in [-0.05, 0) is 68.6 Å². The van der Waals surface area contributed by atoms with E-state index in [1.807, 2.05) is 6.07 Å². The van der Waals surface area contributed by atoms with Gasteiger partial charge in [0.15, 0.2) is 0 Å². The van der Waals surface area contributed by atoms with Gasteiger partial charge in [-0.1, -0.05) is 0 Å². The maximum atomic E-state index is 12.1. The highest BCUT2D eigenvalue weighted by molar-refractivity contribution is 5.81. The highest BCUT2D eigenvalue weighted by Gasteiger charge is 2.27. The van der Waals surface area contributed by atoms with Crippen LogP contribution in [0.25, 0.3) is 11.0 Å². The van der Waals surface area contributed by atoms with Crippen LogP contribution in [0.4, 0.5) is 0 Å². The summed E-state index contributed by atoms with van der Waals surface area (Å²) in [6.07, 6.45) is 2.36. The molecule has 1 aromatic carbocycles. The molecule has 1 aromatic heterocycles. The average Bonchev–Trinajstić information content (AvgIpc) is 2.71. The zero-order valence-electron chi connectivity index (χ0n) is 17.7. The van der Waals surface area contributed by atoms with E-state index in [0.29, 0.717) is 11.6 Å². The lowest BCUT2D eigenvalue weighted by Crippen LogP contribution is -2.53. The number of piperazine rings is 1. The second-order valence-corrected chi connectivity index (χ2v) is 8.63. The second kappa shape index (κ2) is 8.96. The van der Waals surface area contributed by atoms with Crippen molar-refractivity contribution in [1.29, 1.82) is 0 Å². The van der Waals surface area contributed by atoms with Crippen molar-refractivity contribution in [3.63, 3.8) is 0 Å². The second-order valence-electron chi connectivity index (χ2n) is 8.63. The Bertz CT molecular complexity index is 894. The Morgan fingerprint density at radius 3 is 2.34 bits per heavy atom. The van der Waals surface area contributed by atoms with Crippen LogP contribution in [0, 0.1) is 13.8 Å². The average molecular weight is 400 g/mol. The van der Waals surface area contributed by atoms with Crippen LogP contribution in [0.15, 0.2) is 27.4 Å². The number of aliphatic hydroxyl groups excluding tert-OH is 1. The molecule has 0 aliphatic carbocycles. The molecule has 4 rings (SSSR count). The lowest BCUT2D eigenvalue weighted by atomic mass is 10.00. The molecule has 0 atom stereocenters. The fourth-order valence-electron chi connectivity index (χ4n) is 4.79. The lowest BCUT2D eigenvalue weighted by molar-refractivity contribution is 0.0517. The summed E-state index contributed by atoms with van der Waals surface area (Å²) >= 11 is 0. The standard InChI is InChI=1S/C23H33N3O3/c1-17-13-21-19(15-23(28)29-22(21)14-18(17)2)16-25-5-3-20(4-6-25)26-9-7-24(8-10-26)11-12-27/h13-15,20,27H,3-12,16H2,1-2H3. The van der Waals surface area contributed by atoms with E-state index < -0.39 is 0 Å². The molecule has 2 fully saturated rings. The number of hydrogen-bond donors (Lipinski definition) is 1. The lowest BCUT2D eigenvalue weighted by Gasteiger charge is -2.42. The minimum absolute atomic E-state index is 0.254. The van der Waals surface area contributed by atoms with Crippen molar-refractivity contribution in [3.05, 3.63) is 45.3 Å². The Morgan fingerprint density at radius 2 is 1.66 bits per heavy atom. The highest BCUT2D eigenvalue weighted by atomic mass is 16.4. The van der Waals surface area contributed by atoms with Gasteiger partial charge in [0.05, 0.1) is 6.61 Å². The van der Waals surface area contributed by atoms with Gasteiger partial charge in [-0.3, -0.25) is 14.7 Å². The first-order valence-electron chi connectivity index (χ1n) is 10.9. The third-order valence-electron chi connectivity index (χ3n) is 6.74. The molecular formula is C23H33N3O3. The Hall–Kier alpha value is -1.73. The van der Waals surface area contributed by atoms with E-state index in [2.05, 4.69) is 34.6 Å². The number of hydrogen-bond acceptors (Lipinski definition) is 6. The molecule has 2 aliphatic heterocycles. The van der Waals surface area contributed by atoms with Crippen LogP contribution in [-0.4, -0.2) is 78.3 Å². The van der Waals surface area contributed by atoms with Gasteiger partial charge in [0.25, 0.3) is 0 Å². The van der Waals surface area contributed by atoms with Gasteiger partial charge in [0.2, 0.25) is 0 Å². The zero-order chi connectivity index (χ0) is 20.4. The Balaban J connectivity index is 1.38. The maximum Gasteiger partial charge on any atom is 0.336 e. The van der Waals surface area contributed by atoms with Crippen molar-refractivity contribution in [2.45, 2.75) is 39.3 Å². The van der Waals surface area contributed by atoms with Gasteiger partial charge in [0.1, 0.15) is 5.58 Å². The molecule has 6 nitrogen and oxygen atoms in total. The summed E-state index contributed by atoms with van der Waals surface area (Å²) < 4.78 is 5.45. The maximum absolute atomic E-state index is 12.1. The summed E-state index contributed by atoms with van der Waals surface area (Å²) in [6, 6.07) is 6.47. The highest BCUT2D eigenvalue weighted by Crippen LogP contribution is 2.25. The Labute approximate surface area is 172 Å². The number of rotatable bonds is 5. The summed E-state index contributed by atoms with van der Waals surface area (Å²) in [4.78, 5) is 19.5. The third kappa shape index (κ3) is 4.72. The van der Waals surface area contributed by atoms with Gasteiger partial charge in [-0.25, -0.2) is 4.79 Å². The number of benzene rings is 1. The van der Waals surface area contributed by atoms with Crippen molar-refractivity contribution >= 4 is 11.0 Å². The van der Waals surface area contributed by atoms with Crippen LogP contribution < -0.4 is 5.63 Å².